The van der Waals surface area contributed by atoms with Gasteiger partial charge in [0.2, 0.25) is 0 Å². The van der Waals surface area contributed by atoms with E-state index < -0.39 is 0 Å². The normalized spacial score (nSPS) is 20.5. The fourth-order valence-corrected chi connectivity index (χ4v) is 4.21. The first kappa shape index (κ1) is 13.2. The van der Waals surface area contributed by atoms with Crippen LogP contribution in [0, 0.1) is 0 Å². The molecule has 1 aliphatic rings. The fourth-order valence-electron chi connectivity index (χ4n) is 2.01. The molecule has 0 N–H and O–H groups in total. The summed E-state index contributed by atoms with van der Waals surface area (Å²) < 4.78 is 6.53. The highest BCUT2D eigenvalue weighted by Gasteiger charge is 2.39. The van der Waals surface area contributed by atoms with E-state index in [2.05, 4.69) is 15.9 Å². The molecule has 1 aromatic rings. The zero-order valence-corrected chi connectivity index (χ0v) is 12.8. The summed E-state index contributed by atoms with van der Waals surface area (Å²) in [5.74, 6) is 0. The quantitative estimate of drug-likeness (QED) is 0.665. The van der Waals surface area contributed by atoms with Gasteiger partial charge in [0.25, 0.3) is 0 Å². The maximum atomic E-state index is 6.42. The first-order chi connectivity index (χ1) is 7.56. The largest absolute Gasteiger partial charge is 0.378 e. The Morgan fingerprint density at radius 1 is 1.62 bits per heavy atom. The molecule has 0 radical (unpaired) electrons. The highest BCUT2D eigenvalue weighted by molar-refractivity contribution is 9.11. The number of hydrogen-bond donors (Lipinski definition) is 0. The van der Waals surface area contributed by atoms with Gasteiger partial charge >= 0.3 is 0 Å². The van der Waals surface area contributed by atoms with Crippen LogP contribution in [0.5, 0.6) is 0 Å². The maximum Gasteiger partial charge on any atom is 0.0887 e. The van der Waals surface area contributed by atoms with Gasteiger partial charge in [-0.05, 0) is 47.7 Å². The van der Waals surface area contributed by atoms with Crippen LogP contribution in [0.1, 0.15) is 35.9 Å². The van der Waals surface area contributed by atoms with Crippen molar-refractivity contribution >= 4 is 50.5 Å². The molecule has 16 heavy (non-hydrogen) atoms. The van der Waals surface area contributed by atoms with Crippen molar-refractivity contribution in [2.75, 3.05) is 7.11 Å². The van der Waals surface area contributed by atoms with Crippen LogP contribution in [0.4, 0.5) is 0 Å². The lowest BCUT2D eigenvalue weighted by atomic mass is 9.76. The van der Waals surface area contributed by atoms with Crippen LogP contribution < -0.4 is 0 Å². The lowest BCUT2D eigenvalue weighted by Crippen LogP contribution is -2.39. The molecule has 5 heteroatoms. The minimum Gasteiger partial charge on any atom is -0.378 e. The third-order valence-electron chi connectivity index (χ3n) is 3.22. The lowest BCUT2D eigenvalue weighted by Gasteiger charge is -2.41. The van der Waals surface area contributed by atoms with Gasteiger partial charge in [0.15, 0.2) is 0 Å². The second kappa shape index (κ2) is 5.15. The Kier molecular flexibility index (Phi) is 4.23. The monoisotopic (exact) mass is 342 g/mol. The molecule has 0 saturated heterocycles. The summed E-state index contributed by atoms with van der Waals surface area (Å²) in [6.45, 7) is 0. The van der Waals surface area contributed by atoms with Crippen LogP contribution >= 0.6 is 50.5 Å². The van der Waals surface area contributed by atoms with E-state index in [0.29, 0.717) is 0 Å². The van der Waals surface area contributed by atoms with Gasteiger partial charge in [-0.3, -0.25) is 0 Å². The lowest BCUT2D eigenvalue weighted by molar-refractivity contribution is -0.0778. The van der Waals surface area contributed by atoms with Crippen LogP contribution in [0.3, 0.4) is 0 Å². The molecule has 0 aromatic carbocycles. The molecule has 1 aliphatic carbocycles. The second-order valence-corrected chi connectivity index (χ2v) is 7.52. The Balaban J connectivity index is 2.05. The van der Waals surface area contributed by atoms with E-state index >= 15 is 0 Å². The van der Waals surface area contributed by atoms with Crippen molar-refractivity contribution in [1.29, 1.82) is 0 Å². The van der Waals surface area contributed by atoms with Crippen molar-refractivity contribution < 1.29 is 4.74 Å². The van der Waals surface area contributed by atoms with Crippen LogP contribution in [0.2, 0.25) is 5.02 Å². The summed E-state index contributed by atoms with van der Waals surface area (Å²) in [5, 5.41) is 0.736. The molecule has 1 atom stereocenters. The number of alkyl halides is 1. The highest BCUT2D eigenvalue weighted by Crippen LogP contribution is 2.46. The van der Waals surface area contributed by atoms with Gasteiger partial charge < -0.3 is 4.74 Å². The Bertz CT molecular complexity index is 351. The number of ether oxygens (including phenoxy) is 1. The van der Waals surface area contributed by atoms with Gasteiger partial charge in [-0.1, -0.05) is 11.6 Å². The van der Waals surface area contributed by atoms with E-state index in [1.807, 2.05) is 6.07 Å². The Hall–Kier alpha value is 0.720. The third-order valence-corrected chi connectivity index (χ3v) is 6.33. The number of thiophene rings is 1. The molecule has 0 amide bonds. The predicted molar refractivity (Wildman–Crippen MR) is 73.8 cm³/mol. The van der Waals surface area contributed by atoms with Crippen molar-refractivity contribution in [3.63, 3.8) is 0 Å². The SMILES string of the molecule is COC1(CC(Cl)c2cc(Cl)c(Br)s2)CCC1. The summed E-state index contributed by atoms with van der Waals surface area (Å²) in [7, 11) is 1.78. The summed E-state index contributed by atoms with van der Waals surface area (Å²) in [6.07, 6.45) is 4.35. The standard InChI is InChI=1S/C11H13BrCl2OS/c1-15-11(3-2-4-11)6-8(14)9-5-7(13)10(12)16-9/h5,8H,2-4,6H2,1H3. The summed E-state index contributed by atoms with van der Waals surface area (Å²) in [4.78, 5) is 1.11. The fraction of sp³-hybridized carbons (Fsp3) is 0.636. The third kappa shape index (κ3) is 2.59. The Labute approximate surface area is 118 Å². The van der Waals surface area contributed by atoms with Crippen molar-refractivity contribution in [1.82, 2.24) is 0 Å². The summed E-state index contributed by atoms with van der Waals surface area (Å²) in [6, 6.07) is 1.94. The highest BCUT2D eigenvalue weighted by atomic mass is 79.9. The molecule has 0 bridgehead atoms. The van der Waals surface area contributed by atoms with Gasteiger partial charge in [-0.2, -0.15) is 0 Å². The molecule has 90 valence electrons. The van der Waals surface area contributed by atoms with Crippen molar-refractivity contribution in [2.45, 2.75) is 36.7 Å². The molecule has 1 saturated carbocycles. The van der Waals surface area contributed by atoms with E-state index in [9.17, 15) is 0 Å². The van der Waals surface area contributed by atoms with E-state index in [0.717, 1.165) is 32.9 Å². The number of methoxy groups -OCH3 is 1. The smallest absolute Gasteiger partial charge is 0.0887 e. The Morgan fingerprint density at radius 2 is 2.31 bits per heavy atom. The zero-order valence-electron chi connectivity index (χ0n) is 8.93. The average Bonchev–Trinajstić information content (AvgIpc) is 2.53. The van der Waals surface area contributed by atoms with Crippen LogP contribution in [0.15, 0.2) is 9.85 Å². The molecule has 1 unspecified atom stereocenters. The Morgan fingerprint density at radius 3 is 2.69 bits per heavy atom. The van der Waals surface area contributed by atoms with E-state index in [1.54, 1.807) is 18.4 Å². The summed E-state index contributed by atoms with van der Waals surface area (Å²) >= 11 is 17.4. The second-order valence-electron chi connectivity index (χ2n) is 4.18. The van der Waals surface area contributed by atoms with Gasteiger partial charge in [-0.15, -0.1) is 22.9 Å². The minimum atomic E-state index is -0.00551. The van der Waals surface area contributed by atoms with Gasteiger partial charge in [-0.25, -0.2) is 0 Å². The first-order valence-corrected chi connectivity index (χ1v) is 7.63. The van der Waals surface area contributed by atoms with Crippen LogP contribution in [-0.4, -0.2) is 12.7 Å². The zero-order chi connectivity index (χ0) is 11.8. The molecular formula is C11H13BrCl2OS. The molecule has 1 aromatic heterocycles. The van der Waals surface area contributed by atoms with E-state index in [4.69, 9.17) is 27.9 Å². The minimum absolute atomic E-state index is 0.00551. The molecule has 1 fully saturated rings. The van der Waals surface area contributed by atoms with Crippen molar-refractivity contribution in [3.8, 4) is 0 Å². The molecule has 2 rings (SSSR count). The molecule has 0 spiro atoms. The van der Waals surface area contributed by atoms with Gasteiger partial charge in [0.1, 0.15) is 0 Å². The molecular weight excluding hydrogens is 331 g/mol. The average molecular weight is 344 g/mol. The number of rotatable bonds is 4. The van der Waals surface area contributed by atoms with Crippen molar-refractivity contribution in [2.24, 2.45) is 0 Å². The topological polar surface area (TPSA) is 9.23 Å². The van der Waals surface area contributed by atoms with E-state index in [-0.39, 0.29) is 11.0 Å². The van der Waals surface area contributed by atoms with Crippen molar-refractivity contribution in [3.05, 3.63) is 19.8 Å². The number of halogens is 3. The molecule has 0 aliphatic heterocycles. The van der Waals surface area contributed by atoms with E-state index in [1.165, 1.54) is 6.42 Å². The van der Waals surface area contributed by atoms with Crippen LogP contribution in [0.25, 0.3) is 0 Å². The van der Waals surface area contributed by atoms with Crippen LogP contribution in [-0.2, 0) is 4.74 Å². The van der Waals surface area contributed by atoms with Gasteiger partial charge in [0, 0.05) is 12.0 Å². The molecule has 1 heterocycles. The maximum absolute atomic E-state index is 6.42. The predicted octanol–water partition coefficient (Wildman–Crippen LogP) is 5.40. The van der Waals surface area contributed by atoms with Gasteiger partial charge in [0.05, 0.1) is 19.8 Å². The molecule has 1 nitrogen and oxygen atoms in total. The summed E-state index contributed by atoms with van der Waals surface area (Å²) in [5.41, 5.74) is 0.00928. The first-order valence-electron chi connectivity index (χ1n) is 5.20. The number of hydrogen-bond acceptors (Lipinski definition) is 2.